The summed E-state index contributed by atoms with van der Waals surface area (Å²) in [5.74, 6) is -0.958. The number of hydrogen-bond acceptors (Lipinski definition) is 5. The summed E-state index contributed by atoms with van der Waals surface area (Å²) in [4.78, 5) is 35.2. The molecule has 7 heteroatoms. The third kappa shape index (κ3) is 7.01. The van der Waals surface area contributed by atoms with Gasteiger partial charge in [-0.15, -0.1) is 6.58 Å². The van der Waals surface area contributed by atoms with E-state index in [0.29, 0.717) is 31.9 Å². The molecule has 1 atom stereocenters. The number of hydrogen-bond donors (Lipinski definition) is 0. The highest BCUT2D eigenvalue weighted by atomic mass is 16.7. The molecule has 0 saturated heterocycles. The van der Waals surface area contributed by atoms with Crippen LogP contribution in [-0.4, -0.2) is 53.7 Å². The molecule has 0 unspecified atom stereocenters. The van der Waals surface area contributed by atoms with Gasteiger partial charge in [0, 0.05) is 26.6 Å². The number of aromatic nitrogens is 2. The zero-order valence-corrected chi connectivity index (χ0v) is 18.3. The summed E-state index contributed by atoms with van der Waals surface area (Å²) in [5.41, 5.74) is 2.39. The molecule has 0 spiro atoms. The number of amides is 1. The van der Waals surface area contributed by atoms with Gasteiger partial charge in [0.2, 0.25) is 5.91 Å². The van der Waals surface area contributed by atoms with E-state index in [1.165, 1.54) is 12.2 Å². The number of hydroxylamine groups is 2. The summed E-state index contributed by atoms with van der Waals surface area (Å²) >= 11 is 0. The van der Waals surface area contributed by atoms with Crippen molar-refractivity contribution >= 4 is 17.8 Å². The summed E-state index contributed by atoms with van der Waals surface area (Å²) in [6, 6.07) is 7.72. The first-order chi connectivity index (χ1) is 15.0. The fourth-order valence-electron chi connectivity index (χ4n) is 3.34. The molecule has 0 aliphatic heterocycles. The Hall–Kier alpha value is -3.03. The Balaban J connectivity index is 2.14. The molecule has 1 heterocycles. The van der Waals surface area contributed by atoms with Crippen molar-refractivity contribution < 1.29 is 19.2 Å². The molecule has 1 amide bonds. The van der Waals surface area contributed by atoms with E-state index in [0.717, 1.165) is 17.5 Å². The lowest BCUT2D eigenvalue weighted by Gasteiger charge is -2.22. The molecule has 1 aromatic heterocycles. The van der Waals surface area contributed by atoms with Crippen molar-refractivity contribution in [1.82, 2.24) is 14.6 Å². The number of ketones is 1. The fraction of sp³-hybridized carbons (Fsp3) is 0.375. The van der Waals surface area contributed by atoms with E-state index in [1.807, 2.05) is 24.3 Å². The maximum absolute atomic E-state index is 13.1. The summed E-state index contributed by atoms with van der Waals surface area (Å²) in [6.45, 7) is 9.13. The van der Waals surface area contributed by atoms with Gasteiger partial charge in [-0.3, -0.25) is 14.4 Å². The van der Waals surface area contributed by atoms with Crippen LogP contribution in [0.2, 0.25) is 0 Å². The lowest BCUT2D eigenvalue weighted by Crippen LogP contribution is -2.34. The molecule has 0 radical (unpaired) electrons. The second kappa shape index (κ2) is 12.6. The number of Topliss-reactive ketones (excluding diaryl/α,β-unsaturated/α-hetero) is 1. The van der Waals surface area contributed by atoms with Crippen molar-refractivity contribution in [2.75, 3.05) is 27.4 Å². The highest BCUT2D eigenvalue weighted by Gasteiger charge is 2.27. The minimum absolute atomic E-state index is 0.0522. The molecular formula is C24H31N3O4. The number of carbonyl (C=O) groups excluding carboxylic acids is 2. The molecule has 31 heavy (non-hydrogen) atoms. The van der Waals surface area contributed by atoms with Gasteiger partial charge >= 0.3 is 0 Å². The normalized spacial score (nSPS) is 11.7. The van der Waals surface area contributed by atoms with E-state index in [-0.39, 0.29) is 18.1 Å². The molecule has 0 N–H and O–H groups in total. The largest absolute Gasteiger partial charge is 0.377 e. The van der Waals surface area contributed by atoms with Gasteiger partial charge in [-0.1, -0.05) is 43.0 Å². The van der Waals surface area contributed by atoms with E-state index in [1.54, 1.807) is 36.3 Å². The van der Waals surface area contributed by atoms with Crippen LogP contribution >= 0.6 is 0 Å². The van der Waals surface area contributed by atoms with Crippen molar-refractivity contribution in [3.8, 4) is 0 Å². The summed E-state index contributed by atoms with van der Waals surface area (Å²) in [7, 11) is 2.98. The first-order valence-electron chi connectivity index (χ1n) is 10.3. The van der Waals surface area contributed by atoms with Gasteiger partial charge in [0.15, 0.2) is 5.78 Å². The third-order valence-corrected chi connectivity index (χ3v) is 5.03. The van der Waals surface area contributed by atoms with Crippen LogP contribution in [0.25, 0.3) is 6.08 Å². The number of ether oxygens (including phenoxy) is 1. The van der Waals surface area contributed by atoms with E-state index in [9.17, 15) is 9.59 Å². The van der Waals surface area contributed by atoms with Crippen molar-refractivity contribution in [1.29, 1.82) is 0 Å². The molecule has 0 saturated carbocycles. The average Bonchev–Trinajstić information content (AvgIpc) is 3.26. The Kier molecular flexibility index (Phi) is 9.87. The molecule has 166 valence electrons. The Morgan fingerprint density at radius 1 is 1.29 bits per heavy atom. The number of aryl methyl sites for hydroxylation is 1. The number of rotatable bonds is 14. The predicted molar refractivity (Wildman–Crippen MR) is 120 cm³/mol. The van der Waals surface area contributed by atoms with Crippen molar-refractivity contribution in [2.24, 2.45) is 5.92 Å². The second-order valence-corrected chi connectivity index (χ2v) is 7.14. The standard InChI is InChI=1S/C24H31N3O4/c1-5-13-31-14-9-12-27-18-25-17-22(27)23(28)16-21(24(29)26(3)30-4)15-20-11-8-7-10-19(20)6-2/h5-8,10-11,17-18,21H,1-2,9,12-16H2,3-4H3/t21-/m1/s1. The molecule has 2 aromatic rings. The molecule has 0 aliphatic carbocycles. The van der Waals surface area contributed by atoms with Crippen LogP contribution in [-0.2, 0) is 27.3 Å². The number of nitrogens with zero attached hydrogens (tertiary/aromatic N) is 3. The Labute approximate surface area is 183 Å². The van der Waals surface area contributed by atoms with E-state index in [2.05, 4.69) is 18.1 Å². The quantitative estimate of drug-likeness (QED) is 0.200. The summed E-state index contributed by atoms with van der Waals surface area (Å²) in [5, 5.41) is 1.17. The number of benzene rings is 1. The lowest BCUT2D eigenvalue weighted by molar-refractivity contribution is -0.173. The number of imidazole rings is 1. The second-order valence-electron chi connectivity index (χ2n) is 7.14. The maximum atomic E-state index is 13.1. The van der Waals surface area contributed by atoms with Gasteiger partial charge in [0.25, 0.3) is 0 Å². The maximum Gasteiger partial charge on any atom is 0.249 e. The molecule has 0 fully saturated rings. The Bertz CT molecular complexity index is 890. The molecule has 0 aliphatic rings. The highest BCUT2D eigenvalue weighted by molar-refractivity contribution is 5.97. The predicted octanol–water partition coefficient (Wildman–Crippen LogP) is 3.57. The molecular weight excluding hydrogens is 394 g/mol. The van der Waals surface area contributed by atoms with Crippen LogP contribution in [0.5, 0.6) is 0 Å². The SMILES string of the molecule is C=CCOCCCn1cncc1C(=O)C[C@@H](Cc1ccccc1C=C)C(=O)N(C)OC. The van der Waals surface area contributed by atoms with Crippen molar-refractivity contribution in [3.63, 3.8) is 0 Å². The van der Waals surface area contributed by atoms with E-state index >= 15 is 0 Å². The van der Waals surface area contributed by atoms with Crippen LogP contribution in [0.3, 0.4) is 0 Å². The summed E-state index contributed by atoms with van der Waals surface area (Å²) < 4.78 is 7.20. The van der Waals surface area contributed by atoms with Gasteiger partial charge in [0.05, 0.1) is 32.2 Å². The smallest absolute Gasteiger partial charge is 0.249 e. The van der Waals surface area contributed by atoms with Gasteiger partial charge in [0.1, 0.15) is 5.69 Å². The zero-order chi connectivity index (χ0) is 22.6. The average molecular weight is 426 g/mol. The number of carbonyl (C=O) groups is 2. The molecule has 1 aromatic carbocycles. The van der Waals surface area contributed by atoms with Crippen LogP contribution in [0.4, 0.5) is 0 Å². The zero-order valence-electron chi connectivity index (χ0n) is 18.3. The van der Waals surface area contributed by atoms with E-state index in [4.69, 9.17) is 9.57 Å². The van der Waals surface area contributed by atoms with Gasteiger partial charge in [-0.05, 0) is 24.0 Å². The topological polar surface area (TPSA) is 73.7 Å². The Morgan fingerprint density at radius 2 is 2.06 bits per heavy atom. The molecule has 0 bridgehead atoms. The Morgan fingerprint density at radius 3 is 2.77 bits per heavy atom. The molecule has 2 rings (SSSR count). The van der Waals surface area contributed by atoms with Crippen LogP contribution in [0, 0.1) is 5.92 Å². The lowest BCUT2D eigenvalue weighted by atomic mass is 9.90. The fourth-order valence-corrected chi connectivity index (χ4v) is 3.34. The van der Waals surface area contributed by atoms with Gasteiger partial charge < -0.3 is 9.30 Å². The third-order valence-electron chi connectivity index (χ3n) is 5.03. The minimum atomic E-state index is -0.571. The van der Waals surface area contributed by atoms with Gasteiger partial charge in [-0.2, -0.15) is 0 Å². The van der Waals surface area contributed by atoms with Crippen LogP contribution < -0.4 is 0 Å². The van der Waals surface area contributed by atoms with Crippen LogP contribution in [0.1, 0.15) is 34.5 Å². The first-order valence-corrected chi connectivity index (χ1v) is 10.3. The highest BCUT2D eigenvalue weighted by Crippen LogP contribution is 2.21. The van der Waals surface area contributed by atoms with Crippen LogP contribution in [0.15, 0.2) is 56.0 Å². The first kappa shape index (κ1) is 24.2. The van der Waals surface area contributed by atoms with Crippen molar-refractivity contribution in [3.05, 3.63) is 72.8 Å². The molecule has 7 nitrogen and oxygen atoms in total. The minimum Gasteiger partial charge on any atom is -0.377 e. The van der Waals surface area contributed by atoms with E-state index < -0.39 is 5.92 Å². The monoisotopic (exact) mass is 425 g/mol. The van der Waals surface area contributed by atoms with Crippen molar-refractivity contribution in [2.45, 2.75) is 25.8 Å². The van der Waals surface area contributed by atoms with Gasteiger partial charge in [-0.25, -0.2) is 10.0 Å². The summed E-state index contributed by atoms with van der Waals surface area (Å²) in [6.07, 6.45) is 7.83.